The van der Waals surface area contributed by atoms with Crippen molar-refractivity contribution in [3.63, 3.8) is 0 Å². The van der Waals surface area contributed by atoms with E-state index >= 15 is 0 Å². The van der Waals surface area contributed by atoms with Crippen molar-refractivity contribution in [3.05, 3.63) is 53.6 Å². The minimum absolute atomic E-state index is 0.0426. The molecule has 1 saturated heterocycles. The minimum atomic E-state index is 0.0426. The number of nitrogens with one attached hydrogen (secondary N) is 1. The van der Waals surface area contributed by atoms with E-state index in [9.17, 15) is 9.59 Å². The van der Waals surface area contributed by atoms with Gasteiger partial charge in [0.1, 0.15) is 11.5 Å². The number of fused-ring (bicyclic) bond motifs is 1. The van der Waals surface area contributed by atoms with Crippen molar-refractivity contribution in [2.75, 3.05) is 31.6 Å². The molecule has 0 saturated carbocycles. The number of anilines is 1. The number of ether oxygens (including phenoxy) is 2. The Hall–Kier alpha value is -3.02. The average Bonchev–Trinajstić information content (AvgIpc) is 2.82. The first-order chi connectivity index (χ1) is 15.6. The second kappa shape index (κ2) is 10.5. The van der Waals surface area contributed by atoms with Crippen LogP contribution in [0.25, 0.3) is 0 Å². The van der Waals surface area contributed by atoms with Gasteiger partial charge in [-0.05, 0) is 86.4 Å². The zero-order valence-corrected chi connectivity index (χ0v) is 18.8. The van der Waals surface area contributed by atoms with Crippen LogP contribution in [0.5, 0.6) is 11.5 Å². The van der Waals surface area contributed by atoms with Gasteiger partial charge in [0, 0.05) is 25.2 Å². The molecule has 2 heterocycles. The lowest BCUT2D eigenvalue weighted by Crippen LogP contribution is -2.41. The van der Waals surface area contributed by atoms with Crippen LogP contribution in [-0.4, -0.2) is 43.0 Å². The SMILES string of the molecule is CCOc1ccc(CCC2CCN(C(=O)COc3ccc4c(c3)CCC(=O)N4)CC2)cc1. The van der Waals surface area contributed by atoms with Crippen LogP contribution in [0, 0.1) is 5.92 Å². The van der Waals surface area contributed by atoms with Gasteiger partial charge < -0.3 is 19.7 Å². The molecular formula is C26H32N2O4. The zero-order chi connectivity index (χ0) is 22.3. The molecule has 2 aliphatic heterocycles. The molecule has 2 aliphatic rings. The van der Waals surface area contributed by atoms with Crippen molar-refractivity contribution in [3.8, 4) is 11.5 Å². The lowest BCUT2D eigenvalue weighted by Gasteiger charge is -2.32. The highest BCUT2D eigenvalue weighted by Gasteiger charge is 2.23. The fourth-order valence-corrected chi connectivity index (χ4v) is 4.45. The zero-order valence-electron chi connectivity index (χ0n) is 18.8. The summed E-state index contributed by atoms with van der Waals surface area (Å²) in [5, 5.41) is 2.86. The van der Waals surface area contributed by atoms with Crippen molar-refractivity contribution in [1.82, 2.24) is 4.90 Å². The Morgan fingerprint density at radius 1 is 1.03 bits per heavy atom. The van der Waals surface area contributed by atoms with Crippen molar-refractivity contribution in [2.24, 2.45) is 5.92 Å². The predicted molar refractivity (Wildman–Crippen MR) is 124 cm³/mol. The summed E-state index contributed by atoms with van der Waals surface area (Å²) in [5.74, 6) is 2.35. The van der Waals surface area contributed by atoms with Crippen LogP contribution in [-0.2, 0) is 22.4 Å². The summed E-state index contributed by atoms with van der Waals surface area (Å²) >= 11 is 0. The lowest BCUT2D eigenvalue weighted by molar-refractivity contribution is -0.134. The number of amides is 2. The van der Waals surface area contributed by atoms with Crippen molar-refractivity contribution >= 4 is 17.5 Å². The normalized spacial score (nSPS) is 16.3. The van der Waals surface area contributed by atoms with Gasteiger partial charge in [0.25, 0.3) is 5.91 Å². The second-order valence-electron chi connectivity index (χ2n) is 8.60. The van der Waals surface area contributed by atoms with E-state index < -0.39 is 0 Å². The number of carbonyl (C=O) groups is 2. The Bertz CT molecular complexity index is 933. The molecule has 0 bridgehead atoms. The fourth-order valence-electron chi connectivity index (χ4n) is 4.45. The van der Waals surface area contributed by atoms with E-state index in [1.807, 2.05) is 42.2 Å². The Kier molecular flexibility index (Phi) is 7.30. The number of hydrogen-bond acceptors (Lipinski definition) is 4. The van der Waals surface area contributed by atoms with Crippen molar-refractivity contribution < 1.29 is 19.1 Å². The molecule has 2 amide bonds. The number of piperidine rings is 1. The lowest BCUT2D eigenvalue weighted by atomic mass is 9.90. The summed E-state index contributed by atoms with van der Waals surface area (Å²) in [6.45, 7) is 4.34. The van der Waals surface area contributed by atoms with Crippen LogP contribution in [0.1, 0.15) is 43.7 Å². The van der Waals surface area contributed by atoms with Crippen LogP contribution in [0.3, 0.4) is 0 Å². The number of rotatable bonds is 8. The van der Waals surface area contributed by atoms with Crippen molar-refractivity contribution in [2.45, 2.75) is 45.4 Å². The monoisotopic (exact) mass is 436 g/mol. The van der Waals surface area contributed by atoms with Crippen LogP contribution in [0.4, 0.5) is 5.69 Å². The summed E-state index contributed by atoms with van der Waals surface area (Å²) in [4.78, 5) is 26.0. The molecule has 6 heteroatoms. The van der Waals surface area contributed by atoms with Gasteiger partial charge in [0.05, 0.1) is 6.61 Å². The Morgan fingerprint density at radius 3 is 2.53 bits per heavy atom. The number of benzene rings is 2. The standard InChI is InChI=1S/C26H32N2O4/c1-2-31-22-8-5-19(6-9-22)3-4-20-13-15-28(16-14-20)26(30)18-32-23-10-11-24-21(17-23)7-12-25(29)27-24/h5-6,8-11,17,20H,2-4,7,12-16,18H2,1H3,(H,27,29). The number of carbonyl (C=O) groups excluding carboxylic acids is 2. The third-order valence-corrected chi connectivity index (χ3v) is 6.38. The largest absolute Gasteiger partial charge is 0.494 e. The number of likely N-dealkylation sites (tertiary alicyclic amines) is 1. The third kappa shape index (κ3) is 5.81. The molecule has 0 unspecified atom stereocenters. The van der Waals surface area contributed by atoms with Gasteiger partial charge in [-0.2, -0.15) is 0 Å². The first-order valence-corrected chi connectivity index (χ1v) is 11.7. The summed E-state index contributed by atoms with van der Waals surface area (Å²) in [6.07, 6.45) is 5.49. The minimum Gasteiger partial charge on any atom is -0.494 e. The van der Waals surface area contributed by atoms with Crippen LogP contribution in [0.2, 0.25) is 0 Å². The summed E-state index contributed by atoms with van der Waals surface area (Å²) in [7, 11) is 0. The van der Waals surface area contributed by atoms with Gasteiger partial charge in [-0.3, -0.25) is 9.59 Å². The molecule has 2 aromatic rings. The quantitative estimate of drug-likeness (QED) is 0.673. The highest BCUT2D eigenvalue weighted by molar-refractivity contribution is 5.94. The molecule has 4 rings (SSSR count). The predicted octanol–water partition coefficient (Wildman–Crippen LogP) is 4.22. The molecule has 32 heavy (non-hydrogen) atoms. The highest BCUT2D eigenvalue weighted by Crippen LogP contribution is 2.27. The molecule has 2 aromatic carbocycles. The maximum atomic E-state index is 12.6. The molecule has 0 aromatic heterocycles. The molecule has 6 nitrogen and oxygen atoms in total. The van der Waals surface area contributed by atoms with Crippen molar-refractivity contribution in [1.29, 1.82) is 0 Å². The third-order valence-electron chi connectivity index (χ3n) is 6.38. The van der Waals surface area contributed by atoms with E-state index in [0.717, 1.165) is 55.8 Å². The maximum Gasteiger partial charge on any atom is 0.260 e. The van der Waals surface area contributed by atoms with E-state index in [1.54, 1.807) is 0 Å². The maximum absolute atomic E-state index is 12.6. The Morgan fingerprint density at radius 2 is 1.78 bits per heavy atom. The van der Waals surface area contributed by atoms with Crippen LogP contribution in [0.15, 0.2) is 42.5 Å². The van der Waals surface area contributed by atoms with Gasteiger partial charge in [-0.25, -0.2) is 0 Å². The van der Waals surface area contributed by atoms with E-state index in [1.165, 1.54) is 5.56 Å². The first kappa shape index (κ1) is 22.2. The van der Waals surface area contributed by atoms with E-state index in [0.29, 0.717) is 31.1 Å². The molecule has 170 valence electrons. The van der Waals surface area contributed by atoms with Crippen LogP contribution < -0.4 is 14.8 Å². The van der Waals surface area contributed by atoms with Crippen LogP contribution >= 0.6 is 0 Å². The topological polar surface area (TPSA) is 67.9 Å². The molecule has 1 fully saturated rings. The molecular weight excluding hydrogens is 404 g/mol. The molecule has 0 atom stereocenters. The van der Waals surface area contributed by atoms with E-state index in [4.69, 9.17) is 9.47 Å². The van der Waals surface area contributed by atoms with Gasteiger partial charge in [0.2, 0.25) is 5.91 Å². The number of aryl methyl sites for hydroxylation is 2. The number of nitrogens with zero attached hydrogens (tertiary/aromatic N) is 1. The molecule has 0 radical (unpaired) electrons. The summed E-state index contributed by atoms with van der Waals surface area (Å²) in [5.41, 5.74) is 3.24. The molecule has 0 aliphatic carbocycles. The number of hydrogen-bond donors (Lipinski definition) is 1. The van der Waals surface area contributed by atoms with E-state index in [2.05, 4.69) is 17.4 Å². The molecule has 0 spiro atoms. The van der Waals surface area contributed by atoms with Gasteiger partial charge in [0.15, 0.2) is 6.61 Å². The summed E-state index contributed by atoms with van der Waals surface area (Å²) in [6, 6.07) is 14.0. The Balaban J connectivity index is 1.18. The van der Waals surface area contributed by atoms with E-state index in [-0.39, 0.29) is 18.4 Å². The average molecular weight is 437 g/mol. The fraction of sp³-hybridized carbons (Fsp3) is 0.462. The second-order valence-corrected chi connectivity index (χ2v) is 8.60. The smallest absolute Gasteiger partial charge is 0.260 e. The van der Waals surface area contributed by atoms with Gasteiger partial charge in [-0.1, -0.05) is 12.1 Å². The molecule has 1 N–H and O–H groups in total. The first-order valence-electron chi connectivity index (χ1n) is 11.7. The summed E-state index contributed by atoms with van der Waals surface area (Å²) < 4.78 is 11.3. The Labute approximate surface area is 189 Å². The van der Waals surface area contributed by atoms with Gasteiger partial charge in [-0.15, -0.1) is 0 Å². The highest BCUT2D eigenvalue weighted by atomic mass is 16.5. The van der Waals surface area contributed by atoms with Gasteiger partial charge >= 0.3 is 0 Å².